The van der Waals surface area contributed by atoms with Crippen molar-refractivity contribution in [3.05, 3.63) is 46.1 Å². The Balaban J connectivity index is 1.62. The summed E-state index contributed by atoms with van der Waals surface area (Å²) in [6, 6.07) is 5.59. The Morgan fingerprint density at radius 3 is 2.83 bits per heavy atom. The van der Waals surface area contributed by atoms with Crippen molar-refractivity contribution in [2.45, 2.75) is 19.6 Å². The van der Waals surface area contributed by atoms with E-state index in [0.717, 1.165) is 30.4 Å². The van der Waals surface area contributed by atoms with Crippen LogP contribution in [0, 0.1) is 0 Å². The number of furan rings is 1. The fraction of sp³-hybridized carbons (Fsp3) is 0.438. The van der Waals surface area contributed by atoms with Crippen LogP contribution in [0.4, 0.5) is 0 Å². The maximum absolute atomic E-state index is 6.05. The quantitative estimate of drug-likeness (QED) is 0.424. The molecule has 0 saturated carbocycles. The van der Waals surface area contributed by atoms with Crippen LogP contribution in [0.3, 0.4) is 0 Å². The molecule has 0 unspecified atom stereocenters. The topological polar surface area (TPSA) is 63.7 Å². The van der Waals surface area contributed by atoms with E-state index >= 15 is 0 Å². The van der Waals surface area contributed by atoms with Crippen LogP contribution in [0.5, 0.6) is 0 Å². The van der Waals surface area contributed by atoms with E-state index in [2.05, 4.69) is 15.6 Å². The van der Waals surface area contributed by atoms with E-state index in [0.29, 0.717) is 29.9 Å². The minimum atomic E-state index is 0.495. The Morgan fingerprint density at radius 2 is 2.21 bits per heavy atom. The van der Waals surface area contributed by atoms with Gasteiger partial charge in [-0.3, -0.25) is 4.99 Å². The van der Waals surface area contributed by atoms with Gasteiger partial charge in [0.25, 0.3) is 0 Å². The Labute approximate surface area is 151 Å². The van der Waals surface area contributed by atoms with Crippen LogP contribution in [-0.2, 0) is 24.9 Å². The van der Waals surface area contributed by atoms with Gasteiger partial charge < -0.3 is 24.4 Å². The van der Waals surface area contributed by atoms with Crippen LogP contribution in [0.15, 0.2) is 33.9 Å². The number of ether oxygens (including phenoxy) is 1. The van der Waals surface area contributed by atoms with Crippen LogP contribution in [0.2, 0.25) is 10.2 Å². The number of guanidine groups is 1. The van der Waals surface area contributed by atoms with Gasteiger partial charge in [-0.2, -0.15) is 0 Å². The third kappa shape index (κ3) is 5.47. The van der Waals surface area contributed by atoms with Crippen molar-refractivity contribution in [2.75, 3.05) is 20.2 Å². The van der Waals surface area contributed by atoms with Crippen molar-refractivity contribution < 1.29 is 9.15 Å². The minimum Gasteiger partial charge on any atom is -0.467 e. The van der Waals surface area contributed by atoms with Gasteiger partial charge >= 0.3 is 0 Å². The number of halogens is 2. The maximum Gasteiger partial charge on any atom is 0.191 e. The summed E-state index contributed by atoms with van der Waals surface area (Å²) in [5.41, 5.74) is 0.981. The molecule has 0 atom stereocenters. The monoisotopic (exact) mass is 372 g/mol. The van der Waals surface area contributed by atoms with Gasteiger partial charge in [0.15, 0.2) is 5.96 Å². The first-order chi connectivity index (χ1) is 11.6. The van der Waals surface area contributed by atoms with Crippen LogP contribution in [0.1, 0.15) is 17.9 Å². The first-order valence-electron chi connectivity index (χ1n) is 7.66. The smallest absolute Gasteiger partial charge is 0.191 e. The van der Waals surface area contributed by atoms with Crippen LogP contribution in [-0.4, -0.2) is 30.7 Å². The van der Waals surface area contributed by atoms with E-state index < -0.39 is 0 Å². The summed E-state index contributed by atoms with van der Waals surface area (Å²) in [5.74, 6) is 1.55. The summed E-state index contributed by atoms with van der Waals surface area (Å²) in [6.07, 6.45) is 2.51. The first kappa shape index (κ1) is 18.7. The van der Waals surface area contributed by atoms with E-state index in [4.69, 9.17) is 32.4 Å². The molecule has 2 heterocycles. The SMILES string of the molecule is CN=C(NCCCOCc1ccco1)NCc1cc(Cl)c(Cl)n1C. The Kier molecular flexibility index (Phi) is 7.49. The molecule has 0 aliphatic rings. The van der Waals surface area contributed by atoms with Crippen molar-refractivity contribution in [2.24, 2.45) is 12.0 Å². The van der Waals surface area contributed by atoms with Gasteiger partial charge in [0.1, 0.15) is 17.5 Å². The van der Waals surface area contributed by atoms with E-state index in [-0.39, 0.29) is 0 Å². The predicted octanol–water partition coefficient (Wildman–Crippen LogP) is 3.20. The lowest BCUT2D eigenvalue weighted by Gasteiger charge is -2.12. The fourth-order valence-electron chi connectivity index (χ4n) is 2.10. The number of rotatable bonds is 8. The molecule has 0 aliphatic heterocycles. The Bertz CT molecular complexity index is 653. The molecule has 0 radical (unpaired) electrons. The van der Waals surface area contributed by atoms with E-state index in [1.165, 1.54) is 0 Å². The van der Waals surface area contributed by atoms with Crippen molar-refractivity contribution in [3.8, 4) is 0 Å². The summed E-state index contributed by atoms with van der Waals surface area (Å²) in [4.78, 5) is 4.18. The number of hydrogen-bond donors (Lipinski definition) is 2. The number of aromatic nitrogens is 1. The minimum absolute atomic E-state index is 0.495. The van der Waals surface area contributed by atoms with Crippen molar-refractivity contribution in [3.63, 3.8) is 0 Å². The molecule has 2 N–H and O–H groups in total. The second-order valence-electron chi connectivity index (χ2n) is 5.17. The molecular weight excluding hydrogens is 351 g/mol. The molecule has 6 nitrogen and oxygen atoms in total. The van der Waals surface area contributed by atoms with Gasteiger partial charge in [0, 0.05) is 32.9 Å². The van der Waals surface area contributed by atoms with Crippen molar-refractivity contribution in [1.29, 1.82) is 0 Å². The van der Waals surface area contributed by atoms with E-state index in [9.17, 15) is 0 Å². The van der Waals surface area contributed by atoms with Crippen LogP contribution < -0.4 is 10.6 Å². The zero-order valence-electron chi connectivity index (χ0n) is 13.8. The Morgan fingerprint density at radius 1 is 1.38 bits per heavy atom. The normalized spacial score (nSPS) is 11.8. The summed E-state index contributed by atoms with van der Waals surface area (Å²) < 4.78 is 12.6. The lowest BCUT2D eigenvalue weighted by atomic mass is 10.4. The molecule has 0 aromatic carbocycles. The highest BCUT2D eigenvalue weighted by atomic mass is 35.5. The lowest BCUT2D eigenvalue weighted by Crippen LogP contribution is -2.37. The molecule has 2 rings (SSSR count). The summed E-state index contributed by atoms with van der Waals surface area (Å²) >= 11 is 12.1. The second kappa shape index (κ2) is 9.61. The third-order valence-corrected chi connectivity index (χ3v) is 4.30. The molecule has 0 spiro atoms. The summed E-state index contributed by atoms with van der Waals surface area (Å²) in [5, 5.41) is 7.54. The first-order valence-corrected chi connectivity index (χ1v) is 8.41. The number of aliphatic imine (C=N–C) groups is 1. The maximum atomic E-state index is 6.05. The van der Waals surface area contributed by atoms with Crippen LogP contribution >= 0.6 is 23.2 Å². The zero-order valence-corrected chi connectivity index (χ0v) is 15.3. The second-order valence-corrected chi connectivity index (χ2v) is 5.94. The molecule has 0 bridgehead atoms. The zero-order chi connectivity index (χ0) is 17.4. The highest BCUT2D eigenvalue weighted by molar-refractivity contribution is 6.41. The highest BCUT2D eigenvalue weighted by Gasteiger charge is 2.09. The van der Waals surface area contributed by atoms with E-state index in [1.807, 2.05) is 29.8 Å². The molecule has 0 fully saturated rings. The predicted molar refractivity (Wildman–Crippen MR) is 96.6 cm³/mol. The fourth-order valence-corrected chi connectivity index (χ4v) is 2.52. The largest absolute Gasteiger partial charge is 0.467 e. The standard InChI is InChI=1S/C16H22Cl2N4O2/c1-19-16(21-10-12-9-14(17)15(18)22(12)2)20-6-4-7-23-11-13-5-3-8-24-13/h3,5,8-9H,4,6-7,10-11H2,1-2H3,(H2,19,20,21). The van der Waals surface area contributed by atoms with E-state index in [1.54, 1.807) is 13.3 Å². The van der Waals surface area contributed by atoms with Gasteiger partial charge in [-0.25, -0.2) is 0 Å². The van der Waals surface area contributed by atoms with Gasteiger partial charge in [-0.15, -0.1) is 0 Å². The van der Waals surface area contributed by atoms with Crippen LogP contribution in [0.25, 0.3) is 0 Å². The molecule has 2 aromatic rings. The molecule has 24 heavy (non-hydrogen) atoms. The number of nitrogens with one attached hydrogen (secondary N) is 2. The average molecular weight is 373 g/mol. The molecule has 0 aliphatic carbocycles. The van der Waals surface area contributed by atoms with Gasteiger partial charge in [-0.1, -0.05) is 23.2 Å². The number of nitrogens with zero attached hydrogens (tertiary/aromatic N) is 2. The summed E-state index contributed by atoms with van der Waals surface area (Å²) in [7, 11) is 3.60. The van der Waals surface area contributed by atoms with Gasteiger partial charge in [0.2, 0.25) is 0 Å². The molecule has 132 valence electrons. The molecule has 2 aromatic heterocycles. The Hall–Kier alpha value is -1.63. The molecular formula is C16H22Cl2N4O2. The molecule has 8 heteroatoms. The van der Waals surface area contributed by atoms with Crippen molar-refractivity contribution in [1.82, 2.24) is 15.2 Å². The van der Waals surface area contributed by atoms with Gasteiger partial charge in [0.05, 0.1) is 17.8 Å². The number of hydrogen-bond acceptors (Lipinski definition) is 3. The third-order valence-electron chi connectivity index (χ3n) is 3.46. The van der Waals surface area contributed by atoms with Gasteiger partial charge in [-0.05, 0) is 24.6 Å². The average Bonchev–Trinajstić information content (AvgIpc) is 3.18. The summed E-state index contributed by atoms with van der Waals surface area (Å²) in [6.45, 7) is 2.48. The highest BCUT2D eigenvalue weighted by Crippen LogP contribution is 2.24. The molecule has 0 saturated heterocycles. The molecule has 0 amide bonds. The lowest BCUT2D eigenvalue weighted by molar-refractivity contribution is 0.105. The van der Waals surface area contributed by atoms with Crippen molar-refractivity contribution >= 4 is 29.2 Å².